The lowest BCUT2D eigenvalue weighted by Gasteiger charge is -2.13. The van der Waals surface area contributed by atoms with E-state index in [0.717, 1.165) is 28.2 Å². The van der Waals surface area contributed by atoms with Crippen LogP contribution >= 0.6 is 11.6 Å². The number of halogens is 1. The zero-order valence-electron chi connectivity index (χ0n) is 9.03. The van der Waals surface area contributed by atoms with Crippen molar-refractivity contribution in [1.29, 1.82) is 0 Å². The first-order chi connectivity index (χ1) is 7.81. The molecule has 0 radical (unpaired) electrons. The fourth-order valence-corrected chi connectivity index (χ4v) is 2.59. The largest absolute Gasteiger partial charge is 0.498 e. The van der Waals surface area contributed by atoms with Crippen LogP contribution in [-0.2, 0) is 9.31 Å². The predicted octanol–water partition coefficient (Wildman–Crippen LogP) is 1.93. The maximum absolute atomic E-state index is 6.22. The van der Waals surface area contributed by atoms with Crippen LogP contribution in [0.25, 0.3) is 0 Å². The zero-order chi connectivity index (χ0) is 11.1. The normalized spacial score (nSPS) is 22.6. The smallest absolute Gasteiger partial charge is 0.492 e. The lowest BCUT2D eigenvalue weighted by molar-refractivity contribution is 0.141. The molecular formula is C11H12BClO3. The van der Waals surface area contributed by atoms with Crippen molar-refractivity contribution < 1.29 is 14.0 Å². The lowest BCUT2D eigenvalue weighted by Crippen LogP contribution is -2.31. The van der Waals surface area contributed by atoms with Crippen LogP contribution in [0.1, 0.15) is 25.0 Å². The summed E-state index contributed by atoms with van der Waals surface area (Å²) in [5, 5.41) is 0.738. The molecule has 2 aliphatic rings. The molecule has 2 heterocycles. The molecule has 0 aliphatic carbocycles. The molecule has 3 rings (SSSR count). The molecule has 0 fully saturated rings. The van der Waals surface area contributed by atoms with Crippen molar-refractivity contribution in [1.82, 2.24) is 0 Å². The minimum Gasteiger partial charge on any atom is -0.492 e. The van der Waals surface area contributed by atoms with E-state index in [1.807, 2.05) is 12.1 Å². The Morgan fingerprint density at radius 1 is 1.44 bits per heavy atom. The second-order valence-corrected chi connectivity index (χ2v) is 4.36. The molecule has 84 valence electrons. The van der Waals surface area contributed by atoms with E-state index in [-0.39, 0.29) is 13.2 Å². The summed E-state index contributed by atoms with van der Waals surface area (Å²) < 4.78 is 17.1. The van der Waals surface area contributed by atoms with Gasteiger partial charge >= 0.3 is 7.12 Å². The molecule has 3 nitrogen and oxygen atoms in total. The maximum Gasteiger partial charge on any atom is 0.498 e. The SMILES string of the molecule is CCC1OB2OCCOc3ccc(Cl)c1c32. The molecule has 0 bridgehead atoms. The highest BCUT2D eigenvalue weighted by molar-refractivity contribution is 6.64. The number of rotatable bonds is 1. The summed E-state index contributed by atoms with van der Waals surface area (Å²) in [4.78, 5) is 0. The number of hydrogen-bond donors (Lipinski definition) is 0. The number of ether oxygens (including phenoxy) is 1. The topological polar surface area (TPSA) is 27.7 Å². The van der Waals surface area contributed by atoms with Crippen LogP contribution in [0.2, 0.25) is 5.02 Å². The summed E-state index contributed by atoms with van der Waals surface area (Å²) in [6.07, 6.45) is 0.907. The van der Waals surface area contributed by atoms with Crippen molar-refractivity contribution in [3.8, 4) is 5.75 Å². The van der Waals surface area contributed by atoms with Gasteiger partial charge < -0.3 is 14.0 Å². The minimum absolute atomic E-state index is 0.0224. The first-order valence-electron chi connectivity index (χ1n) is 5.53. The van der Waals surface area contributed by atoms with E-state index in [4.69, 9.17) is 25.6 Å². The van der Waals surface area contributed by atoms with Crippen molar-refractivity contribution in [2.75, 3.05) is 13.2 Å². The lowest BCUT2D eigenvalue weighted by atomic mass is 9.77. The summed E-state index contributed by atoms with van der Waals surface area (Å²) in [6.45, 7) is 3.18. The average molecular weight is 238 g/mol. The number of benzene rings is 1. The molecule has 0 spiro atoms. The van der Waals surface area contributed by atoms with Crippen molar-refractivity contribution in [2.24, 2.45) is 0 Å². The van der Waals surface area contributed by atoms with Gasteiger partial charge in [-0.1, -0.05) is 18.5 Å². The first kappa shape index (κ1) is 10.4. The molecule has 1 aromatic rings. The van der Waals surface area contributed by atoms with Gasteiger partial charge in [-0.3, -0.25) is 0 Å². The van der Waals surface area contributed by atoms with E-state index < -0.39 is 0 Å². The molecule has 0 saturated carbocycles. The molecule has 1 unspecified atom stereocenters. The van der Waals surface area contributed by atoms with Crippen LogP contribution < -0.4 is 10.2 Å². The van der Waals surface area contributed by atoms with Gasteiger partial charge in [0.2, 0.25) is 0 Å². The van der Waals surface area contributed by atoms with Crippen LogP contribution in [-0.4, -0.2) is 20.3 Å². The van der Waals surface area contributed by atoms with E-state index in [2.05, 4.69) is 6.92 Å². The van der Waals surface area contributed by atoms with Gasteiger partial charge in [-0.15, -0.1) is 0 Å². The quantitative estimate of drug-likeness (QED) is 0.700. The Kier molecular flexibility index (Phi) is 2.58. The van der Waals surface area contributed by atoms with Gasteiger partial charge in [-0.2, -0.15) is 0 Å². The Labute approximate surface area is 99.8 Å². The highest BCUT2D eigenvalue weighted by Crippen LogP contribution is 2.36. The summed E-state index contributed by atoms with van der Waals surface area (Å²) in [5.74, 6) is 0.845. The van der Waals surface area contributed by atoms with Crippen molar-refractivity contribution in [2.45, 2.75) is 19.4 Å². The Balaban J connectivity index is 2.17. The Morgan fingerprint density at radius 3 is 3.12 bits per heavy atom. The standard InChI is InChI=1S/C11H12BClO3/c1-2-8-10-7(13)3-4-9-11(10)12(16-8)15-6-5-14-9/h3-4,8H,2,5-6H2,1H3. The maximum atomic E-state index is 6.22. The summed E-state index contributed by atoms with van der Waals surface area (Å²) in [5.41, 5.74) is 2.02. The van der Waals surface area contributed by atoms with Crippen molar-refractivity contribution in [3.05, 3.63) is 22.7 Å². The fraction of sp³-hybridized carbons (Fsp3) is 0.455. The predicted molar refractivity (Wildman–Crippen MR) is 62.4 cm³/mol. The molecule has 0 aromatic heterocycles. The van der Waals surface area contributed by atoms with Gasteiger partial charge in [0.15, 0.2) is 0 Å². The summed E-state index contributed by atoms with van der Waals surface area (Å²) in [7, 11) is -0.309. The highest BCUT2D eigenvalue weighted by atomic mass is 35.5. The third-order valence-corrected chi connectivity index (χ3v) is 3.35. The molecule has 0 amide bonds. The van der Waals surface area contributed by atoms with Gasteiger partial charge in [0.25, 0.3) is 0 Å². The van der Waals surface area contributed by atoms with E-state index in [9.17, 15) is 0 Å². The van der Waals surface area contributed by atoms with E-state index >= 15 is 0 Å². The minimum atomic E-state index is -0.309. The molecule has 0 saturated heterocycles. The van der Waals surface area contributed by atoms with Crippen LogP contribution in [0.5, 0.6) is 5.75 Å². The molecule has 2 aliphatic heterocycles. The Bertz CT molecular complexity index is 424. The molecular weight excluding hydrogens is 226 g/mol. The van der Waals surface area contributed by atoms with Crippen LogP contribution in [0.4, 0.5) is 0 Å². The van der Waals surface area contributed by atoms with E-state index in [0.29, 0.717) is 13.2 Å². The molecule has 1 aromatic carbocycles. The van der Waals surface area contributed by atoms with Crippen molar-refractivity contribution >= 4 is 24.2 Å². The number of hydrogen-bond acceptors (Lipinski definition) is 3. The van der Waals surface area contributed by atoms with Crippen LogP contribution in [0.15, 0.2) is 12.1 Å². The van der Waals surface area contributed by atoms with Crippen molar-refractivity contribution in [3.63, 3.8) is 0 Å². The van der Waals surface area contributed by atoms with Gasteiger partial charge in [-0.25, -0.2) is 0 Å². The molecule has 1 atom stereocenters. The van der Waals surface area contributed by atoms with Gasteiger partial charge in [0.05, 0.1) is 12.7 Å². The van der Waals surface area contributed by atoms with Crippen LogP contribution in [0, 0.1) is 0 Å². The van der Waals surface area contributed by atoms with Crippen LogP contribution in [0.3, 0.4) is 0 Å². The third kappa shape index (κ3) is 1.44. The molecule has 5 heteroatoms. The highest BCUT2D eigenvalue weighted by Gasteiger charge is 2.42. The molecule has 0 N–H and O–H groups in total. The van der Waals surface area contributed by atoms with E-state index in [1.54, 1.807) is 0 Å². The molecule has 16 heavy (non-hydrogen) atoms. The zero-order valence-corrected chi connectivity index (χ0v) is 9.79. The fourth-order valence-electron chi connectivity index (χ4n) is 2.30. The first-order valence-corrected chi connectivity index (χ1v) is 5.91. The second-order valence-electron chi connectivity index (χ2n) is 3.96. The van der Waals surface area contributed by atoms with Gasteiger partial charge in [-0.05, 0) is 18.6 Å². The average Bonchev–Trinajstić information content (AvgIpc) is 2.55. The summed E-state index contributed by atoms with van der Waals surface area (Å²) in [6, 6.07) is 3.76. The van der Waals surface area contributed by atoms with Gasteiger partial charge in [0.1, 0.15) is 12.4 Å². The van der Waals surface area contributed by atoms with Gasteiger partial charge in [0, 0.05) is 16.0 Å². The monoisotopic (exact) mass is 238 g/mol. The Hall–Kier alpha value is -0.705. The second kappa shape index (κ2) is 3.95. The van der Waals surface area contributed by atoms with E-state index in [1.165, 1.54) is 0 Å². The third-order valence-electron chi connectivity index (χ3n) is 3.02. The summed E-state index contributed by atoms with van der Waals surface area (Å²) >= 11 is 6.22. The Morgan fingerprint density at radius 2 is 2.31 bits per heavy atom.